The van der Waals surface area contributed by atoms with Gasteiger partial charge in [0.15, 0.2) is 11.5 Å². The van der Waals surface area contributed by atoms with Gasteiger partial charge in [0.25, 0.3) is 0 Å². The van der Waals surface area contributed by atoms with E-state index in [9.17, 15) is 0 Å². The van der Waals surface area contributed by atoms with Gasteiger partial charge in [-0.15, -0.1) is 0 Å². The van der Waals surface area contributed by atoms with Gasteiger partial charge >= 0.3 is 0 Å². The van der Waals surface area contributed by atoms with Crippen molar-refractivity contribution in [1.29, 1.82) is 0 Å². The van der Waals surface area contributed by atoms with Crippen molar-refractivity contribution < 1.29 is 9.47 Å². The molecular formula is C23H37N3O2. The summed E-state index contributed by atoms with van der Waals surface area (Å²) in [5, 5.41) is 7.06. The number of ether oxygens (including phenoxy) is 2. The second-order valence-corrected chi connectivity index (χ2v) is 8.71. The molecule has 5 heteroatoms. The third-order valence-corrected chi connectivity index (χ3v) is 5.69. The number of rotatable bonds is 8. The van der Waals surface area contributed by atoms with E-state index in [-0.39, 0.29) is 0 Å². The molecule has 1 aliphatic carbocycles. The number of allylic oxidation sites excluding steroid dienone is 2. The zero-order valence-electron chi connectivity index (χ0n) is 18.1. The zero-order chi connectivity index (χ0) is 20.0. The molecule has 2 heterocycles. The van der Waals surface area contributed by atoms with Crippen LogP contribution in [0.5, 0.6) is 0 Å². The Bertz CT molecular complexity index is 673. The predicted octanol–water partition coefficient (Wildman–Crippen LogP) is 4.03. The molecule has 5 nitrogen and oxygen atoms in total. The first-order valence-corrected chi connectivity index (χ1v) is 10.7. The summed E-state index contributed by atoms with van der Waals surface area (Å²) in [5.41, 5.74) is 3.03. The Kier molecular flexibility index (Phi) is 7.11. The van der Waals surface area contributed by atoms with Crippen LogP contribution >= 0.6 is 0 Å². The van der Waals surface area contributed by atoms with Crippen molar-refractivity contribution in [3.8, 4) is 0 Å². The lowest BCUT2D eigenvalue weighted by Crippen LogP contribution is -2.42. The molecule has 28 heavy (non-hydrogen) atoms. The van der Waals surface area contributed by atoms with Crippen molar-refractivity contribution in [3.63, 3.8) is 0 Å². The molecule has 0 atom stereocenters. The van der Waals surface area contributed by atoms with Gasteiger partial charge in [0.2, 0.25) is 6.79 Å². The Labute approximate surface area is 170 Å². The molecule has 0 aromatic heterocycles. The lowest BCUT2D eigenvalue weighted by molar-refractivity contribution is 0.0971. The van der Waals surface area contributed by atoms with Crippen LogP contribution in [0.3, 0.4) is 0 Å². The lowest BCUT2D eigenvalue weighted by Gasteiger charge is -2.40. The SMILES string of the molecule is CC/C=C(\C=C(/NC)N1CCCC(C)(C)C1)CNCC1=C2OCOC2=CCC1. The van der Waals surface area contributed by atoms with Crippen molar-refractivity contribution in [2.24, 2.45) is 5.41 Å². The molecule has 2 fully saturated rings. The number of likely N-dealkylation sites (tertiary alicyclic amines) is 1. The normalized spacial score (nSPS) is 22.4. The highest BCUT2D eigenvalue weighted by molar-refractivity contribution is 5.33. The van der Waals surface area contributed by atoms with Crippen LogP contribution in [0.15, 0.2) is 46.7 Å². The molecule has 2 N–H and O–H groups in total. The van der Waals surface area contributed by atoms with Gasteiger partial charge in [0, 0.05) is 33.2 Å². The van der Waals surface area contributed by atoms with E-state index >= 15 is 0 Å². The lowest BCUT2D eigenvalue weighted by atomic mass is 9.84. The summed E-state index contributed by atoms with van der Waals surface area (Å²) in [6, 6.07) is 0. The van der Waals surface area contributed by atoms with Crippen LogP contribution < -0.4 is 10.6 Å². The standard InChI is InChI=1S/C23H37N3O2/c1-5-8-18(13-21(24-4)26-12-7-11-23(2,3)16-26)14-25-15-19-9-6-10-20-22(19)28-17-27-20/h8,10,13,24-25H,5-7,9,11-12,14-17H2,1-4H3/b18-8+,21-13+. The molecule has 0 aromatic rings. The van der Waals surface area contributed by atoms with E-state index < -0.39 is 0 Å². The molecule has 0 radical (unpaired) electrons. The Hall–Kier alpha value is -1.88. The largest absolute Gasteiger partial charge is 0.454 e. The Morgan fingerprint density at radius 3 is 2.93 bits per heavy atom. The highest BCUT2D eigenvalue weighted by Crippen LogP contribution is 2.31. The molecule has 0 bridgehead atoms. The van der Waals surface area contributed by atoms with Gasteiger partial charge in [-0.3, -0.25) is 0 Å². The molecule has 0 spiro atoms. The summed E-state index contributed by atoms with van der Waals surface area (Å²) in [6.07, 6.45) is 12.4. The number of hydrogen-bond donors (Lipinski definition) is 2. The summed E-state index contributed by atoms with van der Waals surface area (Å²) >= 11 is 0. The van der Waals surface area contributed by atoms with E-state index in [4.69, 9.17) is 9.47 Å². The monoisotopic (exact) mass is 387 g/mol. The fourth-order valence-electron chi connectivity index (χ4n) is 4.30. The number of hydrogen-bond acceptors (Lipinski definition) is 5. The van der Waals surface area contributed by atoms with E-state index in [2.05, 4.69) is 54.5 Å². The van der Waals surface area contributed by atoms with Gasteiger partial charge in [0.1, 0.15) is 5.82 Å². The molecular weight excluding hydrogens is 350 g/mol. The van der Waals surface area contributed by atoms with Crippen LogP contribution in [0.2, 0.25) is 0 Å². The molecule has 3 aliphatic rings. The maximum Gasteiger partial charge on any atom is 0.231 e. The molecule has 0 amide bonds. The highest BCUT2D eigenvalue weighted by atomic mass is 16.7. The summed E-state index contributed by atoms with van der Waals surface area (Å²) in [6.45, 7) is 11.2. The van der Waals surface area contributed by atoms with Gasteiger partial charge in [-0.2, -0.15) is 0 Å². The van der Waals surface area contributed by atoms with E-state index in [0.29, 0.717) is 12.2 Å². The third-order valence-electron chi connectivity index (χ3n) is 5.69. The zero-order valence-corrected chi connectivity index (χ0v) is 18.1. The first kappa shape index (κ1) is 20.8. The van der Waals surface area contributed by atoms with Gasteiger partial charge in [0.05, 0.1) is 0 Å². The minimum atomic E-state index is 0.353. The molecule has 2 aliphatic heterocycles. The van der Waals surface area contributed by atoms with Gasteiger partial charge in [-0.05, 0) is 60.8 Å². The van der Waals surface area contributed by atoms with Gasteiger partial charge < -0.3 is 25.0 Å². The minimum absolute atomic E-state index is 0.353. The van der Waals surface area contributed by atoms with Crippen molar-refractivity contribution in [2.75, 3.05) is 40.0 Å². The maximum absolute atomic E-state index is 5.66. The Morgan fingerprint density at radius 2 is 2.18 bits per heavy atom. The fourth-order valence-corrected chi connectivity index (χ4v) is 4.30. The Balaban J connectivity index is 1.62. The van der Waals surface area contributed by atoms with E-state index in [0.717, 1.165) is 57.0 Å². The summed E-state index contributed by atoms with van der Waals surface area (Å²) in [5.74, 6) is 3.12. The average Bonchev–Trinajstić information content (AvgIpc) is 3.15. The van der Waals surface area contributed by atoms with Gasteiger partial charge in [-0.25, -0.2) is 0 Å². The van der Waals surface area contributed by atoms with E-state index in [1.807, 2.05) is 7.05 Å². The van der Waals surface area contributed by atoms with Crippen molar-refractivity contribution >= 4 is 0 Å². The predicted molar refractivity (Wildman–Crippen MR) is 114 cm³/mol. The first-order chi connectivity index (χ1) is 13.5. The van der Waals surface area contributed by atoms with Gasteiger partial charge in [-0.1, -0.05) is 26.8 Å². The van der Waals surface area contributed by atoms with Crippen molar-refractivity contribution in [1.82, 2.24) is 15.5 Å². The topological polar surface area (TPSA) is 45.8 Å². The van der Waals surface area contributed by atoms with E-state index in [1.54, 1.807) is 0 Å². The number of piperidine rings is 1. The summed E-state index contributed by atoms with van der Waals surface area (Å²) < 4.78 is 11.2. The smallest absolute Gasteiger partial charge is 0.231 e. The van der Waals surface area contributed by atoms with Crippen LogP contribution in [-0.2, 0) is 9.47 Å². The molecule has 0 aromatic carbocycles. The Morgan fingerprint density at radius 1 is 1.32 bits per heavy atom. The van der Waals surface area contributed by atoms with Crippen LogP contribution in [0.1, 0.15) is 52.9 Å². The number of fused-ring (bicyclic) bond motifs is 1. The van der Waals surface area contributed by atoms with E-state index in [1.165, 1.54) is 29.8 Å². The highest BCUT2D eigenvalue weighted by Gasteiger charge is 2.27. The van der Waals surface area contributed by atoms with Crippen LogP contribution in [0.4, 0.5) is 0 Å². The maximum atomic E-state index is 5.66. The average molecular weight is 388 g/mol. The minimum Gasteiger partial charge on any atom is -0.454 e. The quantitative estimate of drug-likeness (QED) is 0.616. The van der Waals surface area contributed by atoms with Crippen molar-refractivity contribution in [2.45, 2.75) is 52.9 Å². The first-order valence-electron chi connectivity index (χ1n) is 10.7. The summed E-state index contributed by atoms with van der Waals surface area (Å²) in [4.78, 5) is 2.50. The third kappa shape index (κ3) is 5.34. The molecule has 0 unspecified atom stereocenters. The number of nitrogens with zero attached hydrogens (tertiary/aromatic N) is 1. The molecule has 2 saturated heterocycles. The molecule has 3 rings (SSSR count). The summed E-state index contributed by atoms with van der Waals surface area (Å²) in [7, 11) is 2.03. The van der Waals surface area contributed by atoms with Crippen molar-refractivity contribution in [3.05, 3.63) is 46.7 Å². The van der Waals surface area contributed by atoms with Crippen LogP contribution in [0.25, 0.3) is 0 Å². The number of nitrogens with one attached hydrogen (secondary N) is 2. The van der Waals surface area contributed by atoms with Crippen LogP contribution in [0, 0.1) is 5.41 Å². The molecule has 0 saturated carbocycles. The second-order valence-electron chi connectivity index (χ2n) is 8.71. The second kappa shape index (κ2) is 9.55. The fraction of sp³-hybridized carbons (Fsp3) is 0.652. The van der Waals surface area contributed by atoms with Crippen LogP contribution in [-0.4, -0.2) is 44.9 Å². The molecule has 156 valence electrons.